The van der Waals surface area contributed by atoms with Crippen molar-refractivity contribution in [1.29, 1.82) is 0 Å². The molecule has 2 aromatic rings. The molecule has 0 bridgehead atoms. The molecule has 2 fully saturated rings. The zero-order valence-corrected chi connectivity index (χ0v) is 47.9. The van der Waals surface area contributed by atoms with Crippen LogP contribution in [0.25, 0.3) is 9.69 Å². The van der Waals surface area contributed by atoms with Crippen molar-refractivity contribution in [1.82, 2.24) is 28.4 Å². The number of terminal acetylenes is 1. The molecule has 8 atom stereocenters. The second-order valence-corrected chi connectivity index (χ2v) is 22.4. The van der Waals surface area contributed by atoms with Gasteiger partial charge in [-0.2, -0.15) is 0 Å². The van der Waals surface area contributed by atoms with Crippen LogP contribution in [0.2, 0.25) is 0 Å². The van der Waals surface area contributed by atoms with Crippen LogP contribution < -0.4 is 22.5 Å². The lowest BCUT2D eigenvalue weighted by atomic mass is 10.1. The van der Waals surface area contributed by atoms with Crippen LogP contribution in [-0.4, -0.2) is 103 Å². The molecule has 74 heavy (non-hydrogen) atoms. The molecular formula is C54H86N8O10P2. The first-order valence-electron chi connectivity index (χ1n) is 26.8. The Morgan fingerprint density at radius 2 is 1.15 bits per heavy atom. The number of rotatable bonds is 30. The quantitative estimate of drug-likeness (QED) is 0.0328. The lowest BCUT2D eigenvalue weighted by molar-refractivity contribution is -0.0202. The molecule has 2 aliphatic heterocycles. The number of H-pyrrole nitrogens is 2. The second-order valence-electron chi connectivity index (χ2n) is 19.6. The van der Waals surface area contributed by atoms with Gasteiger partial charge in [-0.15, -0.1) is 12.3 Å². The van der Waals surface area contributed by atoms with Crippen LogP contribution in [0, 0.1) is 37.3 Å². The van der Waals surface area contributed by atoms with E-state index in [0.717, 1.165) is 32.1 Å². The molecule has 20 heteroatoms. The number of ether oxygens (including phenoxy) is 2. The van der Waals surface area contributed by atoms with Gasteiger partial charge in [-0.05, 0) is 93.9 Å². The van der Waals surface area contributed by atoms with Crippen molar-refractivity contribution in [3.8, 4) is 24.2 Å². The molecule has 4 unspecified atom stereocenters. The van der Waals surface area contributed by atoms with E-state index in [1.165, 1.54) is 41.0 Å². The van der Waals surface area contributed by atoms with E-state index >= 15 is 0 Å². The van der Waals surface area contributed by atoms with Gasteiger partial charge in [0.15, 0.2) is 0 Å². The lowest BCUT2D eigenvalue weighted by Crippen LogP contribution is -2.36. The maximum atomic E-state index is 12.7. The van der Waals surface area contributed by atoms with E-state index in [9.17, 15) is 19.2 Å². The summed E-state index contributed by atoms with van der Waals surface area (Å²) >= 11 is 0. The van der Waals surface area contributed by atoms with Crippen LogP contribution >= 0.6 is 17.1 Å². The number of hydrogen-bond donors (Lipinski definition) is 2. The zero-order valence-electron chi connectivity index (χ0n) is 46.1. The fraction of sp³-hybridized carbons (Fsp3) is 0.741. The topological polar surface area (TPSA) is 180 Å². The number of hydrogen-bond acceptors (Lipinski definition) is 12. The number of aromatic amines is 2. The van der Waals surface area contributed by atoms with Gasteiger partial charge in [0, 0.05) is 67.8 Å². The summed E-state index contributed by atoms with van der Waals surface area (Å²) in [5, 5.41) is 0. The molecule has 0 amide bonds. The molecule has 2 aromatic heterocycles. The maximum Gasteiger partial charge on any atom is 0.330 e. The summed E-state index contributed by atoms with van der Waals surface area (Å²) < 4.78 is 45.0. The van der Waals surface area contributed by atoms with Crippen molar-refractivity contribution in [2.75, 3.05) is 26.3 Å². The number of unbranched alkanes of at least 4 members (excludes halogenated alkanes) is 8. The van der Waals surface area contributed by atoms with Crippen LogP contribution in [0.5, 0.6) is 0 Å². The number of nitrogens with one attached hydrogen (secondary N) is 2. The monoisotopic (exact) mass is 1070 g/mol. The minimum atomic E-state index is -1.45. The third kappa shape index (κ3) is 20.5. The Hall–Kier alpha value is -4.00. The summed E-state index contributed by atoms with van der Waals surface area (Å²) in [5.74, 6) is 8.47. The van der Waals surface area contributed by atoms with Gasteiger partial charge in [0.1, 0.15) is 31.2 Å². The van der Waals surface area contributed by atoms with Crippen LogP contribution in [0.4, 0.5) is 0 Å². The van der Waals surface area contributed by atoms with Gasteiger partial charge < -0.3 is 37.3 Å². The van der Waals surface area contributed by atoms with Gasteiger partial charge in [0.25, 0.3) is 28.2 Å². The highest BCUT2D eigenvalue weighted by Gasteiger charge is 2.42. The highest BCUT2D eigenvalue weighted by molar-refractivity contribution is 7.44. The molecule has 412 valence electrons. The first-order chi connectivity index (χ1) is 35.5. The standard InChI is InChI=1S/C27H47N4O5P.C27H39N4O5P/c2*1-8-10-11-12-13-14-15-22-19-30(27(33)29-26(22)32)25-18-24(23(9-2)35-25)36-37(34-17-16-28-7)31(20(3)4)21(5)6/h19-21,23-25H,8-18H2,1-6H3,(H,29,32,33);1,19-21,23-25H,9-13,16-18H2,2-6H3,(H,29,32,33)/t2*23-,24?,25-,37?/m11/s1. The highest BCUT2D eigenvalue weighted by atomic mass is 31.2. The summed E-state index contributed by atoms with van der Waals surface area (Å²) in [4.78, 5) is 61.8. The molecule has 0 aliphatic carbocycles. The van der Waals surface area contributed by atoms with Crippen molar-refractivity contribution in [3.05, 3.63) is 88.0 Å². The minimum Gasteiger partial charge on any atom is -0.352 e. The van der Waals surface area contributed by atoms with E-state index in [1.807, 2.05) is 13.8 Å². The number of nitrogens with zero attached hydrogens (tertiary/aromatic N) is 6. The van der Waals surface area contributed by atoms with Crippen LogP contribution in [0.1, 0.15) is 190 Å². The lowest BCUT2D eigenvalue weighted by Gasteiger charge is -2.37. The molecule has 0 saturated carbocycles. The van der Waals surface area contributed by atoms with Gasteiger partial charge in [-0.25, -0.2) is 32.1 Å². The normalized spacial score (nSPS) is 20.4. The Kier molecular flexibility index (Phi) is 30.1. The predicted octanol–water partition coefficient (Wildman–Crippen LogP) is 10.2. The van der Waals surface area contributed by atoms with E-state index in [0.29, 0.717) is 50.7 Å². The molecule has 2 N–H and O–H groups in total. The fourth-order valence-corrected chi connectivity index (χ4v) is 12.4. The molecule has 2 aliphatic rings. The summed E-state index contributed by atoms with van der Waals surface area (Å²) in [6.07, 6.45) is 19.0. The highest BCUT2D eigenvalue weighted by Crippen LogP contribution is 2.51. The molecule has 4 rings (SSSR count). The molecular weight excluding hydrogens is 983 g/mol. The summed E-state index contributed by atoms with van der Waals surface area (Å²) in [7, 11) is -2.86. The third-order valence-electron chi connectivity index (χ3n) is 12.4. The van der Waals surface area contributed by atoms with Crippen LogP contribution in [0.15, 0.2) is 31.6 Å². The van der Waals surface area contributed by atoms with E-state index in [4.69, 9.17) is 47.1 Å². The summed E-state index contributed by atoms with van der Waals surface area (Å²) in [6, 6.07) is 0.741. The van der Waals surface area contributed by atoms with E-state index < -0.39 is 46.4 Å². The number of aromatic nitrogens is 4. The van der Waals surface area contributed by atoms with Gasteiger partial charge in [-0.1, -0.05) is 64.7 Å². The van der Waals surface area contributed by atoms with Crippen molar-refractivity contribution >= 4 is 17.1 Å². The van der Waals surface area contributed by atoms with Gasteiger partial charge in [0.2, 0.25) is 13.1 Å². The van der Waals surface area contributed by atoms with E-state index in [2.05, 4.69) is 109 Å². The predicted molar refractivity (Wildman–Crippen MR) is 294 cm³/mol. The van der Waals surface area contributed by atoms with Crippen molar-refractivity contribution in [2.24, 2.45) is 0 Å². The molecule has 4 heterocycles. The Bertz CT molecular complexity index is 2390. The van der Waals surface area contributed by atoms with Gasteiger partial charge in [0.05, 0.1) is 24.4 Å². The molecule has 0 radical (unpaired) electrons. The smallest absolute Gasteiger partial charge is 0.330 e. The minimum absolute atomic E-state index is 0.173. The van der Waals surface area contributed by atoms with Crippen LogP contribution in [-0.2, 0) is 34.0 Å². The maximum absolute atomic E-state index is 12.7. The van der Waals surface area contributed by atoms with Crippen molar-refractivity contribution < 1.29 is 27.6 Å². The van der Waals surface area contributed by atoms with Crippen molar-refractivity contribution in [3.63, 3.8) is 0 Å². The first kappa shape index (κ1) is 64.3. The second kappa shape index (κ2) is 34.6. The first-order valence-corrected chi connectivity index (χ1v) is 29.1. The van der Waals surface area contributed by atoms with Gasteiger partial charge in [-0.3, -0.25) is 28.7 Å². The summed E-state index contributed by atoms with van der Waals surface area (Å²) in [6.45, 7) is 38.3. The molecule has 18 nitrogen and oxygen atoms in total. The van der Waals surface area contributed by atoms with Crippen molar-refractivity contribution in [2.45, 2.75) is 234 Å². The Balaban J connectivity index is 0.000000390. The SMILES string of the molecule is [C-]#[N+]CCOP(OC1C[C@H](n2cc(C#CCCCCC#C)c(=O)[nH]c2=O)O[C@@H]1CC)N(C(C)C)C(C)C.[C-]#[N+]CCOP(OC1C[C@H](n2cc(CCCCCCCC)c(=O)[nH]c2=O)O[C@@H]1CC)N(C(C)C)C(C)C. The average molecular weight is 1070 g/mol. The molecule has 0 spiro atoms. The Morgan fingerprint density at radius 1 is 0.689 bits per heavy atom. The number of aryl methyl sites for hydroxylation is 1. The van der Waals surface area contributed by atoms with Gasteiger partial charge >= 0.3 is 11.4 Å². The van der Waals surface area contributed by atoms with E-state index in [1.54, 1.807) is 6.20 Å². The molecule has 0 aromatic carbocycles. The fourth-order valence-electron chi connectivity index (χ4n) is 8.90. The third-order valence-corrected chi connectivity index (χ3v) is 16.8. The Morgan fingerprint density at radius 3 is 1.61 bits per heavy atom. The zero-order chi connectivity index (χ0) is 54.7. The Labute approximate surface area is 443 Å². The van der Waals surface area contributed by atoms with Crippen LogP contribution in [0.3, 0.4) is 0 Å². The average Bonchev–Trinajstić information content (AvgIpc) is 3.95. The largest absolute Gasteiger partial charge is 0.352 e. The molecule has 2 saturated heterocycles. The summed E-state index contributed by atoms with van der Waals surface area (Å²) in [5.41, 5.74) is -1.00. The van der Waals surface area contributed by atoms with E-state index in [-0.39, 0.29) is 79.4 Å².